The smallest absolute Gasteiger partial charge is 0.317 e. The van der Waals surface area contributed by atoms with E-state index in [0.29, 0.717) is 0 Å². The molecule has 2 amide bonds. The number of carbonyl (C=O) groups is 1. The van der Waals surface area contributed by atoms with Crippen molar-refractivity contribution in [3.05, 3.63) is 66.0 Å². The number of amides is 2. The molecule has 2 saturated heterocycles. The zero-order chi connectivity index (χ0) is 22.9. The summed E-state index contributed by atoms with van der Waals surface area (Å²) in [4.78, 5) is 13.9. The Bertz CT molecular complexity index is 1070. The Labute approximate surface area is 186 Å². The second-order valence-corrected chi connectivity index (χ2v) is 9.83. The predicted octanol–water partition coefficient (Wildman–Crippen LogP) is 3.06. The maximum Gasteiger partial charge on any atom is 0.317 e. The fourth-order valence-electron chi connectivity index (χ4n) is 4.23. The van der Waals surface area contributed by atoms with Crippen molar-refractivity contribution < 1.29 is 26.7 Å². The topological polar surface area (TPSA) is 79.0 Å². The van der Waals surface area contributed by atoms with Crippen LogP contribution >= 0.6 is 0 Å². The molecule has 2 heterocycles. The molecular weight excluding hydrogens is 440 g/mol. The number of nitrogens with one attached hydrogen (secondary N) is 1. The third kappa shape index (κ3) is 4.10. The van der Waals surface area contributed by atoms with Gasteiger partial charge in [-0.3, -0.25) is 0 Å². The first kappa shape index (κ1) is 22.6. The molecule has 0 bridgehead atoms. The highest BCUT2D eigenvalue weighted by Gasteiger charge is 2.57. The summed E-state index contributed by atoms with van der Waals surface area (Å²) < 4.78 is 61.7. The van der Waals surface area contributed by atoms with Gasteiger partial charge in [-0.05, 0) is 36.8 Å². The number of ether oxygens (including phenoxy) is 1. The molecule has 2 aromatic rings. The molecule has 0 aromatic heterocycles. The van der Waals surface area contributed by atoms with Gasteiger partial charge in [-0.15, -0.1) is 0 Å². The number of carbonyl (C=O) groups excluding carboxylic acids is 1. The fourth-order valence-corrected chi connectivity index (χ4v) is 5.95. The normalized spacial score (nSPS) is 25.1. The summed E-state index contributed by atoms with van der Waals surface area (Å²) in [5.41, 5.74) is -0.767. The molecule has 3 atom stereocenters. The average molecular weight is 466 g/mol. The molecule has 0 aliphatic carbocycles. The SMILES string of the molecule is C[C@H](NC(=O)N1CCC2(OCCN2S(=O)(=O)c2ccc(F)cc2)C(F)C1)c1ccccc1. The summed E-state index contributed by atoms with van der Waals surface area (Å²) in [7, 11) is -4.11. The summed E-state index contributed by atoms with van der Waals surface area (Å²) in [5, 5.41) is 2.85. The van der Waals surface area contributed by atoms with Gasteiger partial charge in [-0.1, -0.05) is 30.3 Å². The van der Waals surface area contributed by atoms with Crippen LogP contribution in [0.15, 0.2) is 59.5 Å². The van der Waals surface area contributed by atoms with Crippen molar-refractivity contribution in [3.8, 4) is 0 Å². The quantitative estimate of drug-likeness (QED) is 0.753. The van der Waals surface area contributed by atoms with Crippen LogP contribution in [0.3, 0.4) is 0 Å². The van der Waals surface area contributed by atoms with Crippen LogP contribution in [0.1, 0.15) is 24.9 Å². The van der Waals surface area contributed by atoms with Gasteiger partial charge in [-0.2, -0.15) is 4.31 Å². The lowest BCUT2D eigenvalue weighted by Crippen LogP contribution is -2.63. The van der Waals surface area contributed by atoms with Crippen molar-refractivity contribution in [2.24, 2.45) is 0 Å². The second-order valence-electron chi connectivity index (χ2n) is 7.97. The van der Waals surface area contributed by atoms with E-state index >= 15 is 4.39 Å². The van der Waals surface area contributed by atoms with Crippen molar-refractivity contribution in [1.82, 2.24) is 14.5 Å². The van der Waals surface area contributed by atoms with Crippen molar-refractivity contribution in [2.75, 3.05) is 26.2 Å². The van der Waals surface area contributed by atoms with E-state index in [1.165, 1.54) is 4.90 Å². The number of hydrogen-bond donors (Lipinski definition) is 1. The molecule has 10 heteroatoms. The van der Waals surface area contributed by atoms with E-state index in [4.69, 9.17) is 4.74 Å². The molecule has 4 rings (SSSR count). The van der Waals surface area contributed by atoms with Gasteiger partial charge in [-0.25, -0.2) is 22.0 Å². The number of nitrogens with zero attached hydrogens (tertiary/aromatic N) is 2. The molecule has 2 aliphatic heterocycles. The molecule has 2 fully saturated rings. The van der Waals surface area contributed by atoms with Crippen LogP contribution in [0, 0.1) is 5.82 Å². The molecule has 1 spiro atoms. The first-order valence-corrected chi connectivity index (χ1v) is 11.8. The lowest BCUT2D eigenvalue weighted by Gasteiger charge is -2.45. The van der Waals surface area contributed by atoms with Crippen molar-refractivity contribution in [2.45, 2.75) is 36.2 Å². The largest absolute Gasteiger partial charge is 0.355 e. The number of benzene rings is 2. The number of likely N-dealkylation sites (tertiary alicyclic amines) is 1. The highest BCUT2D eigenvalue weighted by molar-refractivity contribution is 7.89. The van der Waals surface area contributed by atoms with E-state index in [1.54, 1.807) is 0 Å². The molecule has 32 heavy (non-hydrogen) atoms. The Balaban J connectivity index is 1.48. The number of piperidine rings is 1. The Hall–Kier alpha value is -2.56. The number of hydrogen-bond acceptors (Lipinski definition) is 4. The van der Waals surface area contributed by atoms with Crippen molar-refractivity contribution in [3.63, 3.8) is 0 Å². The number of halogens is 2. The van der Waals surface area contributed by atoms with Crippen molar-refractivity contribution >= 4 is 16.1 Å². The fraction of sp³-hybridized carbons (Fsp3) is 0.409. The molecule has 2 aromatic carbocycles. The maximum atomic E-state index is 15.5. The Morgan fingerprint density at radius 2 is 1.84 bits per heavy atom. The first-order valence-electron chi connectivity index (χ1n) is 10.4. The van der Waals surface area contributed by atoms with Gasteiger partial charge < -0.3 is 15.0 Å². The van der Waals surface area contributed by atoms with Gasteiger partial charge in [0.2, 0.25) is 10.0 Å². The van der Waals surface area contributed by atoms with Crippen molar-refractivity contribution in [1.29, 1.82) is 0 Å². The number of alkyl halides is 1. The number of rotatable bonds is 4. The molecule has 1 N–H and O–H groups in total. The van der Waals surface area contributed by atoms with Crippen LogP contribution in [-0.4, -0.2) is 61.8 Å². The molecular formula is C22H25F2N3O4S. The Kier molecular flexibility index (Phi) is 6.19. The Morgan fingerprint density at radius 3 is 2.50 bits per heavy atom. The first-order chi connectivity index (χ1) is 15.2. The summed E-state index contributed by atoms with van der Waals surface area (Å²) in [6.07, 6.45) is -1.76. The molecule has 7 nitrogen and oxygen atoms in total. The monoisotopic (exact) mass is 465 g/mol. The van der Waals surface area contributed by atoms with Gasteiger partial charge in [0.15, 0.2) is 11.9 Å². The van der Waals surface area contributed by atoms with E-state index in [0.717, 1.165) is 34.1 Å². The maximum absolute atomic E-state index is 15.5. The van der Waals surface area contributed by atoms with E-state index in [2.05, 4.69) is 5.32 Å². The third-order valence-electron chi connectivity index (χ3n) is 6.01. The van der Waals surface area contributed by atoms with E-state index in [9.17, 15) is 17.6 Å². The minimum Gasteiger partial charge on any atom is -0.355 e. The van der Waals surface area contributed by atoms with Crippen LogP contribution < -0.4 is 5.32 Å². The summed E-state index contributed by atoms with van der Waals surface area (Å²) in [5.74, 6) is -0.566. The van der Waals surface area contributed by atoms with Crippen LogP contribution in [0.4, 0.5) is 13.6 Å². The standard InChI is InChI=1S/C22H25F2N3O4S/c1-16(17-5-3-2-4-6-17)25-21(28)26-12-11-22(20(24)15-26)27(13-14-31-22)32(29,30)19-9-7-18(23)8-10-19/h2-10,16,20H,11-15H2,1H3,(H,25,28)/t16-,20?,22?/m0/s1. The molecule has 0 radical (unpaired) electrons. The van der Waals surface area contributed by atoms with Crippen LogP contribution in [-0.2, 0) is 14.8 Å². The van der Waals surface area contributed by atoms with E-state index < -0.39 is 33.8 Å². The highest BCUT2D eigenvalue weighted by Crippen LogP contribution is 2.40. The van der Waals surface area contributed by atoms with E-state index in [1.807, 2.05) is 37.3 Å². The predicted molar refractivity (Wildman–Crippen MR) is 113 cm³/mol. The third-order valence-corrected chi connectivity index (χ3v) is 7.95. The zero-order valence-corrected chi connectivity index (χ0v) is 18.4. The molecule has 2 unspecified atom stereocenters. The summed E-state index contributed by atoms with van der Waals surface area (Å²) in [6, 6.07) is 13.1. The molecule has 0 saturated carbocycles. The van der Waals surface area contributed by atoms with Crippen LogP contribution in [0.25, 0.3) is 0 Å². The lowest BCUT2D eigenvalue weighted by atomic mass is 9.99. The Morgan fingerprint density at radius 1 is 1.16 bits per heavy atom. The van der Waals surface area contributed by atoms with E-state index in [-0.39, 0.29) is 43.6 Å². The molecule has 2 aliphatic rings. The van der Waals surface area contributed by atoms with Gasteiger partial charge in [0.05, 0.1) is 24.1 Å². The zero-order valence-electron chi connectivity index (χ0n) is 17.6. The lowest BCUT2D eigenvalue weighted by molar-refractivity contribution is -0.135. The average Bonchev–Trinajstić information content (AvgIpc) is 3.22. The minimum absolute atomic E-state index is 0.0122. The van der Waals surface area contributed by atoms with Crippen LogP contribution in [0.5, 0.6) is 0 Å². The van der Waals surface area contributed by atoms with Crippen LogP contribution in [0.2, 0.25) is 0 Å². The summed E-state index contributed by atoms with van der Waals surface area (Å²) in [6.45, 7) is 1.68. The van der Waals surface area contributed by atoms with Gasteiger partial charge >= 0.3 is 6.03 Å². The van der Waals surface area contributed by atoms with Gasteiger partial charge in [0.1, 0.15) is 5.82 Å². The second kappa shape index (κ2) is 8.76. The summed E-state index contributed by atoms with van der Waals surface area (Å²) >= 11 is 0. The van der Waals surface area contributed by atoms with Gasteiger partial charge in [0, 0.05) is 19.5 Å². The molecule has 172 valence electrons. The van der Waals surface area contributed by atoms with Gasteiger partial charge in [0.25, 0.3) is 0 Å². The highest BCUT2D eigenvalue weighted by atomic mass is 32.2. The number of urea groups is 1. The number of sulfonamides is 1. The minimum atomic E-state index is -4.11.